The molecular formula is C21H27N5O4. The van der Waals surface area contributed by atoms with Gasteiger partial charge in [0.25, 0.3) is 0 Å². The molecule has 2 unspecified atom stereocenters. The summed E-state index contributed by atoms with van der Waals surface area (Å²) in [6.07, 6.45) is 7.46. The van der Waals surface area contributed by atoms with Crippen LogP contribution in [0, 0.1) is 11.3 Å². The molecule has 1 aliphatic carbocycles. The van der Waals surface area contributed by atoms with Gasteiger partial charge in [-0.3, -0.25) is 0 Å². The van der Waals surface area contributed by atoms with Crippen molar-refractivity contribution in [1.29, 1.82) is 5.26 Å². The van der Waals surface area contributed by atoms with Crippen LogP contribution in [0.15, 0.2) is 18.5 Å². The number of ether oxygens (including phenoxy) is 3. The van der Waals surface area contributed by atoms with Gasteiger partial charge in [0.05, 0.1) is 11.8 Å². The SMILES string of the molecule is CC1(OC(=O)OCC2CCC(C#N)(c3ccc4c(N)ncnn34)O2)CCCCCC1. The van der Waals surface area contributed by atoms with E-state index < -0.39 is 23.5 Å². The average molecular weight is 413 g/mol. The van der Waals surface area contributed by atoms with Crippen LogP contribution < -0.4 is 5.73 Å². The molecule has 2 atom stereocenters. The van der Waals surface area contributed by atoms with E-state index in [0.717, 1.165) is 25.7 Å². The molecular weight excluding hydrogens is 386 g/mol. The van der Waals surface area contributed by atoms with E-state index in [9.17, 15) is 10.1 Å². The third kappa shape index (κ3) is 3.92. The third-order valence-electron chi connectivity index (χ3n) is 6.14. The molecule has 2 aromatic heterocycles. The maximum Gasteiger partial charge on any atom is 0.508 e. The van der Waals surface area contributed by atoms with Gasteiger partial charge in [-0.25, -0.2) is 14.3 Å². The number of hydrogen-bond donors (Lipinski definition) is 1. The molecule has 1 saturated heterocycles. The van der Waals surface area contributed by atoms with Crippen LogP contribution >= 0.6 is 0 Å². The van der Waals surface area contributed by atoms with Gasteiger partial charge in [0.15, 0.2) is 11.4 Å². The lowest BCUT2D eigenvalue weighted by Crippen LogP contribution is -2.33. The second-order valence-corrected chi connectivity index (χ2v) is 8.41. The normalized spacial score (nSPS) is 26.1. The van der Waals surface area contributed by atoms with Crippen LogP contribution in [0.5, 0.6) is 0 Å². The summed E-state index contributed by atoms with van der Waals surface area (Å²) in [5.74, 6) is 0.331. The Labute approximate surface area is 175 Å². The van der Waals surface area contributed by atoms with Gasteiger partial charge >= 0.3 is 6.16 Å². The Morgan fingerprint density at radius 1 is 1.33 bits per heavy atom. The molecule has 9 heteroatoms. The van der Waals surface area contributed by atoms with E-state index in [1.807, 2.05) is 6.92 Å². The molecule has 0 bridgehead atoms. The summed E-state index contributed by atoms with van der Waals surface area (Å²) in [5, 5.41) is 14.1. The fourth-order valence-electron chi connectivity index (χ4n) is 4.44. The summed E-state index contributed by atoms with van der Waals surface area (Å²) in [7, 11) is 0. The van der Waals surface area contributed by atoms with E-state index in [1.54, 1.807) is 16.6 Å². The van der Waals surface area contributed by atoms with Crippen LogP contribution in [-0.2, 0) is 19.8 Å². The van der Waals surface area contributed by atoms with Crippen molar-refractivity contribution in [2.75, 3.05) is 12.3 Å². The molecule has 0 radical (unpaired) electrons. The van der Waals surface area contributed by atoms with Gasteiger partial charge in [0.1, 0.15) is 30.1 Å². The number of fused-ring (bicyclic) bond motifs is 1. The van der Waals surface area contributed by atoms with Crippen LogP contribution in [0.2, 0.25) is 0 Å². The minimum absolute atomic E-state index is 0.0405. The van der Waals surface area contributed by atoms with Gasteiger partial charge in [-0.15, -0.1) is 0 Å². The van der Waals surface area contributed by atoms with Crippen molar-refractivity contribution in [1.82, 2.24) is 14.6 Å². The van der Waals surface area contributed by atoms with E-state index in [-0.39, 0.29) is 6.61 Å². The summed E-state index contributed by atoms with van der Waals surface area (Å²) in [5.41, 5.74) is 5.45. The number of nitrogens with two attached hydrogens (primary N) is 1. The van der Waals surface area contributed by atoms with Crippen molar-refractivity contribution in [2.24, 2.45) is 0 Å². The molecule has 2 N–H and O–H groups in total. The topological polar surface area (TPSA) is 125 Å². The first-order valence-corrected chi connectivity index (χ1v) is 10.5. The summed E-state index contributed by atoms with van der Waals surface area (Å²) < 4.78 is 18.6. The number of nitriles is 1. The molecule has 1 saturated carbocycles. The molecule has 30 heavy (non-hydrogen) atoms. The van der Waals surface area contributed by atoms with Crippen molar-refractivity contribution in [2.45, 2.75) is 75.6 Å². The van der Waals surface area contributed by atoms with E-state index >= 15 is 0 Å². The summed E-state index contributed by atoms with van der Waals surface area (Å²) in [4.78, 5) is 16.2. The van der Waals surface area contributed by atoms with Crippen molar-refractivity contribution in [3.8, 4) is 6.07 Å². The second kappa shape index (κ2) is 8.11. The Hall–Kier alpha value is -2.86. The lowest BCUT2D eigenvalue weighted by molar-refractivity contribution is -0.0681. The number of carbonyl (C=O) groups excluding carboxylic acids is 1. The van der Waals surface area contributed by atoms with Crippen molar-refractivity contribution < 1.29 is 19.0 Å². The van der Waals surface area contributed by atoms with Crippen LogP contribution in [-0.4, -0.2) is 39.1 Å². The number of anilines is 1. The Kier molecular flexibility index (Phi) is 5.52. The average Bonchev–Trinajstić information content (AvgIpc) is 3.29. The Morgan fingerprint density at radius 3 is 2.83 bits per heavy atom. The van der Waals surface area contributed by atoms with Crippen LogP contribution in [0.1, 0.15) is 64.0 Å². The van der Waals surface area contributed by atoms with Crippen LogP contribution in [0.4, 0.5) is 10.6 Å². The van der Waals surface area contributed by atoms with Crippen molar-refractivity contribution in [3.63, 3.8) is 0 Å². The van der Waals surface area contributed by atoms with E-state index in [2.05, 4.69) is 16.2 Å². The van der Waals surface area contributed by atoms with Crippen LogP contribution in [0.25, 0.3) is 5.52 Å². The molecule has 0 spiro atoms. The minimum Gasteiger partial charge on any atom is -0.432 e. The van der Waals surface area contributed by atoms with Crippen molar-refractivity contribution >= 4 is 17.5 Å². The zero-order valence-electron chi connectivity index (χ0n) is 17.2. The van der Waals surface area contributed by atoms with E-state index in [0.29, 0.717) is 29.9 Å². The van der Waals surface area contributed by atoms with E-state index in [4.69, 9.17) is 19.9 Å². The quantitative estimate of drug-likeness (QED) is 0.596. The molecule has 3 heterocycles. The smallest absolute Gasteiger partial charge is 0.432 e. The number of rotatable bonds is 4. The molecule has 9 nitrogen and oxygen atoms in total. The lowest BCUT2D eigenvalue weighted by atomic mass is 9.97. The predicted molar refractivity (Wildman–Crippen MR) is 107 cm³/mol. The molecule has 2 aromatic rings. The fourth-order valence-corrected chi connectivity index (χ4v) is 4.44. The number of nitrogens with zero attached hydrogens (tertiary/aromatic N) is 4. The molecule has 2 aliphatic rings. The van der Waals surface area contributed by atoms with Crippen molar-refractivity contribution in [3.05, 3.63) is 24.2 Å². The van der Waals surface area contributed by atoms with Crippen LogP contribution in [0.3, 0.4) is 0 Å². The minimum atomic E-state index is -1.18. The highest BCUT2D eigenvalue weighted by molar-refractivity contribution is 5.66. The highest BCUT2D eigenvalue weighted by atomic mass is 16.7. The summed E-state index contributed by atoms with van der Waals surface area (Å²) >= 11 is 0. The number of carbonyl (C=O) groups is 1. The monoisotopic (exact) mass is 413 g/mol. The molecule has 4 rings (SSSR count). The molecule has 2 fully saturated rings. The largest absolute Gasteiger partial charge is 0.508 e. The molecule has 1 aliphatic heterocycles. The van der Waals surface area contributed by atoms with Gasteiger partial charge in [-0.05, 0) is 57.6 Å². The molecule has 160 valence electrons. The lowest BCUT2D eigenvalue weighted by Gasteiger charge is -2.28. The first-order chi connectivity index (χ1) is 14.4. The highest BCUT2D eigenvalue weighted by Gasteiger charge is 2.45. The van der Waals surface area contributed by atoms with Gasteiger partial charge in [-0.2, -0.15) is 10.4 Å². The first kappa shape index (κ1) is 20.4. The maximum absolute atomic E-state index is 12.3. The summed E-state index contributed by atoms with van der Waals surface area (Å²) in [6.45, 7) is 2.01. The number of aromatic nitrogens is 3. The predicted octanol–water partition coefficient (Wildman–Crippen LogP) is 3.48. The maximum atomic E-state index is 12.3. The van der Waals surface area contributed by atoms with E-state index in [1.165, 1.54) is 19.2 Å². The Morgan fingerprint density at radius 2 is 2.10 bits per heavy atom. The zero-order chi connectivity index (χ0) is 21.2. The van der Waals surface area contributed by atoms with Gasteiger partial charge in [0.2, 0.25) is 0 Å². The third-order valence-corrected chi connectivity index (χ3v) is 6.14. The molecule has 0 aromatic carbocycles. The zero-order valence-corrected chi connectivity index (χ0v) is 17.2. The van der Waals surface area contributed by atoms with Gasteiger partial charge in [-0.1, -0.05) is 12.8 Å². The number of hydrogen-bond acceptors (Lipinski definition) is 8. The summed E-state index contributed by atoms with van der Waals surface area (Å²) in [6, 6.07) is 5.81. The second-order valence-electron chi connectivity index (χ2n) is 8.41. The Bertz CT molecular complexity index is 960. The first-order valence-electron chi connectivity index (χ1n) is 10.5. The highest BCUT2D eigenvalue weighted by Crippen LogP contribution is 2.40. The number of nitrogen functional groups attached to an aromatic ring is 1. The fraction of sp³-hybridized carbons (Fsp3) is 0.619. The standard InChI is InChI=1S/C21H27N5O4/c1-20(9-4-2-3-5-10-20)30-19(27)28-12-15-8-11-21(13-22,29-15)17-7-6-16-18(23)24-14-25-26(16)17/h6-7,14-15H,2-5,8-12H2,1H3,(H2,23,24,25). The van der Waals surface area contributed by atoms with Gasteiger partial charge < -0.3 is 19.9 Å². The van der Waals surface area contributed by atoms with Gasteiger partial charge in [0, 0.05) is 0 Å². The molecule has 0 amide bonds. The Balaban J connectivity index is 1.39.